The molecule has 0 unspecified atom stereocenters. The summed E-state index contributed by atoms with van der Waals surface area (Å²) in [5, 5.41) is 0. The highest BCUT2D eigenvalue weighted by Gasteiger charge is 2.28. The minimum absolute atomic E-state index is 0.0473. The predicted octanol–water partition coefficient (Wildman–Crippen LogP) is -0.0956. The van der Waals surface area contributed by atoms with Gasteiger partial charge >= 0.3 is 0 Å². The van der Waals surface area contributed by atoms with Crippen molar-refractivity contribution in [1.29, 1.82) is 0 Å². The van der Waals surface area contributed by atoms with Crippen molar-refractivity contribution < 1.29 is 9.53 Å². The second-order valence-electron chi connectivity index (χ2n) is 5.20. The Kier molecular flexibility index (Phi) is 5.36. The second-order valence-corrected chi connectivity index (χ2v) is 5.20. The van der Waals surface area contributed by atoms with Crippen molar-refractivity contribution >= 4 is 5.91 Å². The van der Waals surface area contributed by atoms with Crippen LogP contribution in [0.2, 0.25) is 0 Å². The minimum Gasteiger partial charge on any atom is -0.383 e. The zero-order chi connectivity index (χ0) is 12.9. The van der Waals surface area contributed by atoms with Crippen LogP contribution < -0.4 is 5.73 Å². The van der Waals surface area contributed by atoms with Crippen molar-refractivity contribution in [3.8, 4) is 0 Å². The van der Waals surface area contributed by atoms with Crippen molar-refractivity contribution in [2.24, 2.45) is 5.73 Å². The minimum atomic E-state index is -0.762. The lowest BCUT2D eigenvalue weighted by atomic mass is 10.1. The van der Waals surface area contributed by atoms with Crippen LogP contribution in [-0.4, -0.2) is 67.7 Å². The highest BCUT2D eigenvalue weighted by atomic mass is 16.5. The lowest BCUT2D eigenvalue weighted by Crippen LogP contribution is -2.52. The van der Waals surface area contributed by atoms with Crippen molar-refractivity contribution in [2.75, 3.05) is 46.4 Å². The van der Waals surface area contributed by atoms with Crippen LogP contribution in [0.4, 0.5) is 0 Å². The van der Waals surface area contributed by atoms with Crippen molar-refractivity contribution in [3.05, 3.63) is 0 Å². The van der Waals surface area contributed by atoms with E-state index in [1.54, 1.807) is 21.0 Å². The summed E-state index contributed by atoms with van der Waals surface area (Å²) in [5.74, 6) is 0.0473. The maximum Gasteiger partial charge on any atom is 0.242 e. The topological polar surface area (TPSA) is 58.8 Å². The third-order valence-electron chi connectivity index (χ3n) is 3.04. The molecule has 1 fully saturated rings. The summed E-state index contributed by atoms with van der Waals surface area (Å²) < 4.78 is 5.07. The van der Waals surface area contributed by atoms with E-state index in [1.807, 2.05) is 4.90 Å². The van der Waals surface area contributed by atoms with Gasteiger partial charge < -0.3 is 15.4 Å². The highest BCUT2D eigenvalue weighted by Crippen LogP contribution is 2.09. The van der Waals surface area contributed by atoms with Gasteiger partial charge in [-0.25, -0.2) is 0 Å². The van der Waals surface area contributed by atoms with Gasteiger partial charge in [0.1, 0.15) is 0 Å². The summed E-state index contributed by atoms with van der Waals surface area (Å²) in [7, 11) is 1.71. The van der Waals surface area contributed by atoms with E-state index in [4.69, 9.17) is 10.5 Å². The molecular formula is C12H25N3O2. The van der Waals surface area contributed by atoms with Gasteiger partial charge in [0.05, 0.1) is 12.1 Å². The maximum atomic E-state index is 12.1. The number of carbonyl (C=O) groups excluding carboxylic acids is 1. The molecule has 1 rings (SSSR count). The zero-order valence-electron chi connectivity index (χ0n) is 11.2. The average Bonchev–Trinajstić information content (AvgIpc) is 2.49. The maximum absolute atomic E-state index is 12.1. The first-order chi connectivity index (χ1) is 7.95. The van der Waals surface area contributed by atoms with Crippen LogP contribution >= 0.6 is 0 Å². The third kappa shape index (κ3) is 4.61. The van der Waals surface area contributed by atoms with Gasteiger partial charge in [-0.2, -0.15) is 0 Å². The molecule has 0 radical (unpaired) electrons. The molecule has 1 heterocycles. The van der Waals surface area contributed by atoms with E-state index in [-0.39, 0.29) is 5.91 Å². The summed E-state index contributed by atoms with van der Waals surface area (Å²) in [6, 6.07) is 0. The van der Waals surface area contributed by atoms with Gasteiger partial charge in [-0.15, -0.1) is 0 Å². The van der Waals surface area contributed by atoms with E-state index in [0.29, 0.717) is 0 Å². The number of hydrogen-bond acceptors (Lipinski definition) is 4. The van der Waals surface area contributed by atoms with Gasteiger partial charge in [-0.3, -0.25) is 9.69 Å². The Bertz CT molecular complexity index is 251. The third-order valence-corrected chi connectivity index (χ3v) is 3.04. The van der Waals surface area contributed by atoms with Gasteiger partial charge in [-0.1, -0.05) is 0 Å². The van der Waals surface area contributed by atoms with Gasteiger partial charge in [-0.05, 0) is 26.8 Å². The van der Waals surface area contributed by atoms with Gasteiger partial charge in [0.15, 0.2) is 0 Å². The highest BCUT2D eigenvalue weighted by molar-refractivity contribution is 5.85. The smallest absolute Gasteiger partial charge is 0.242 e. The molecule has 0 aliphatic carbocycles. The van der Waals surface area contributed by atoms with Gasteiger partial charge in [0.25, 0.3) is 0 Å². The number of amides is 1. The number of hydrogen-bond donors (Lipinski definition) is 1. The molecule has 0 atom stereocenters. The second kappa shape index (κ2) is 6.33. The monoisotopic (exact) mass is 243 g/mol. The number of rotatable bonds is 4. The molecule has 0 aromatic carbocycles. The molecule has 5 heteroatoms. The summed E-state index contributed by atoms with van der Waals surface area (Å²) >= 11 is 0. The Labute approximate surface area is 104 Å². The lowest BCUT2D eigenvalue weighted by molar-refractivity contribution is -0.135. The van der Waals surface area contributed by atoms with Crippen LogP contribution in [0.3, 0.4) is 0 Å². The van der Waals surface area contributed by atoms with Crippen LogP contribution in [0, 0.1) is 0 Å². The molecule has 100 valence electrons. The van der Waals surface area contributed by atoms with Crippen LogP contribution in [-0.2, 0) is 9.53 Å². The predicted molar refractivity (Wildman–Crippen MR) is 67.8 cm³/mol. The van der Waals surface area contributed by atoms with Crippen LogP contribution in [0.5, 0.6) is 0 Å². The van der Waals surface area contributed by atoms with Gasteiger partial charge in [0, 0.05) is 33.3 Å². The first kappa shape index (κ1) is 14.4. The molecule has 0 spiro atoms. The normalized spacial score (nSPS) is 19.2. The van der Waals surface area contributed by atoms with E-state index in [0.717, 1.165) is 45.8 Å². The van der Waals surface area contributed by atoms with Crippen molar-refractivity contribution in [3.63, 3.8) is 0 Å². The molecule has 1 saturated heterocycles. The number of nitrogens with zero attached hydrogens (tertiary/aromatic N) is 2. The van der Waals surface area contributed by atoms with Crippen LogP contribution in [0.1, 0.15) is 20.3 Å². The number of nitrogens with two attached hydrogens (primary N) is 1. The van der Waals surface area contributed by atoms with Crippen LogP contribution in [0.25, 0.3) is 0 Å². The Balaban J connectivity index is 2.45. The van der Waals surface area contributed by atoms with Gasteiger partial charge in [0.2, 0.25) is 5.91 Å². The molecular weight excluding hydrogens is 218 g/mol. The molecule has 0 bridgehead atoms. The molecule has 1 amide bonds. The Morgan fingerprint density at radius 1 is 1.29 bits per heavy atom. The van der Waals surface area contributed by atoms with Crippen molar-refractivity contribution in [2.45, 2.75) is 25.8 Å². The number of carbonyl (C=O) groups is 1. The lowest BCUT2D eigenvalue weighted by Gasteiger charge is -2.28. The van der Waals surface area contributed by atoms with E-state index < -0.39 is 5.54 Å². The fourth-order valence-corrected chi connectivity index (χ4v) is 2.03. The molecule has 0 aromatic rings. The first-order valence-corrected chi connectivity index (χ1v) is 6.24. The molecule has 1 aliphatic heterocycles. The summed E-state index contributed by atoms with van der Waals surface area (Å²) in [6.45, 7) is 8.72. The van der Waals surface area contributed by atoms with E-state index >= 15 is 0 Å². The quantitative estimate of drug-likeness (QED) is 0.749. The number of methoxy groups -OCH3 is 1. The summed E-state index contributed by atoms with van der Waals surface area (Å²) in [6.07, 6.45) is 1.01. The molecule has 5 nitrogen and oxygen atoms in total. The standard InChI is InChI=1S/C12H25N3O2/c1-12(2,13)11(16)15-6-4-5-14(7-8-15)9-10-17-3/h4-10,13H2,1-3H3. The fraction of sp³-hybridized carbons (Fsp3) is 0.917. The fourth-order valence-electron chi connectivity index (χ4n) is 2.03. The average molecular weight is 243 g/mol. The first-order valence-electron chi connectivity index (χ1n) is 6.24. The summed E-state index contributed by atoms with van der Waals surface area (Å²) in [5.41, 5.74) is 5.09. The van der Waals surface area contributed by atoms with E-state index in [2.05, 4.69) is 4.90 Å². The molecule has 17 heavy (non-hydrogen) atoms. The Morgan fingerprint density at radius 2 is 2.00 bits per heavy atom. The molecule has 2 N–H and O–H groups in total. The molecule has 1 aliphatic rings. The van der Waals surface area contributed by atoms with Crippen molar-refractivity contribution in [1.82, 2.24) is 9.80 Å². The van der Waals surface area contributed by atoms with E-state index in [1.165, 1.54) is 0 Å². The SMILES string of the molecule is COCCN1CCCN(C(=O)C(C)(C)N)CC1. The summed E-state index contributed by atoms with van der Waals surface area (Å²) in [4.78, 5) is 16.3. The molecule has 0 saturated carbocycles. The Morgan fingerprint density at radius 3 is 2.59 bits per heavy atom. The largest absolute Gasteiger partial charge is 0.383 e. The van der Waals surface area contributed by atoms with Crippen LogP contribution in [0.15, 0.2) is 0 Å². The number of ether oxygens (including phenoxy) is 1. The Hall–Kier alpha value is -0.650. The molecule has 0 aromatic heterocycles. The zero-order valence-corrected chi connectivity index (χ0v) is 11.2. The van der Waals surface area contributed by atoms with E-state index in [9.17, 15) is 4.79 Å².